The number of carboxylic acid groups (broad SMARTS) is 1. The number of rotatable bonds is 7. The Kier molecular flexibility index (Phi) is 6.64. The van der Waals surface area contributed by atoms with E-state index in [2.05, 4.69) is 5.73 Å². The lowest BCUT2D eigenvalue weighted by atomic mass is 10.1. The largest absolute Gasteiger partial charge is 0.544 e. The highest BCUT2D eigenvalue weighted by Gasteiger charge is 2.05. The number of carbonyl (C=O) groups excluding carboxylic acids is 1. The van der Waals surface area contributed by atoms with E-state index >= 15 is 0 Å². The molecule has 0 aliphatic heterocycles. The smallest absolute Gasteiger partial charge is 0.177 e. The summed E-state index contributed by atoms with van der Waals surface area (Å²) in [6.45, 7) is 0.921. The van der Waals surface area contributed by atoms with Crippen LogP contribution in [0.2, 0.25) is 0 Å². The molecule has 0 aliphatic rings. The van der Waals surface area contributed by atoms with Crippen molar-refractivity contribution in [1.29, 1.82) is 0 Å². The van der Waals surface area contributed by atoms with Gasteiger partial charge >= 0.3 is 0 Å². The Morgan fingerprint density at radius 3 is 2.75 bits per heavy atom. The first-order chi connectivity index (χ1) is 5.68. The monoisotopic (exact) mass is 177 g/mol. The predicted octanol–water partition coefficient (Wildman–Crippen LogP) is -3.97. The van der Waals surface area contributed by atoms with Crippen LogP contribution in [0.5, 0.6) is 0 Å². The van der Waals surface area contributed by atoms with Crippen LogP contribution in [-0.2, 0) is 4.79 Å². The summed E-state index contributed by atoms with van der Waals surface area (Å²) in [6.07, 6.45) is 2.28. The Morgan fingerprint density at radius 2 is 2.25 bits per heavy atom. The van der Waals surface area contributed by atoms with Gasteiger partial charge in [0.05, 0.1) is 12.5 Å². The second-order valence-corrected chi connectivity index (χ2v) is 2.77. The summed E-state index contributed by atoms with van der Waals surface area (Å²) in [6, 6.07) is -0.598. The van der Waals surface area contributed by atoms with E-state index in [1.165, 1.54) is 0 Å². The molecule has 0 fully saturated rings. The molecule has 12 heavy (non-hydrogen) atoms. The maximum absolute atomic E-state index is 10.2. The lowest BCUT2D eigenvalue weighted by Gasteiger charge is -2.07. The summed E-state index contributed by atoms with van der Waals surface area (Å²) in [5.74, 6) is -1.08. The number of nitrogens with two attached hydrogens (primary N) is 1. The van der Waals surface area contributed by atoms with Crippen molar-refractivity contribution in [2.45, 2.75) is 25.3 Å². The molecule has 0 aromatic carbocycles. The molecule has 0 radical (unpaired) electrons. The first-order valence-electron chi connectivity index (χ1n) is 4.15. The number of quaternary nitrogens is 2. The van der Waals surface area contributed by atoms with Crippen LogP contribution in [0.15, 0.2) is 0 Å². The van der Waals surface area contributed by atoms with Gasteiger partial charge in [0.15, 0.2) is 6.73 Å². The van der Waals surface area contributed by atoms with Crippen LogP contribution >= 0.6 is 0 Å². The molecule has 0 aromatic heterocycles. The zero-order chi connectivity index (χ0) is 9.40. The van der Waals surface area contributed by atoms with Crippen molar-refractivity contribution >= 4 is 5.97 Å². The van der Waals surface area contributed by atoms with Crippen molar-refractivity contribution in [2.75, 3.05) is 13.3 Å². The third-order valence-electron chi connectivity index (χ3n) is 1.67. The van der Waals surface area contributed by atoms with E-state index in [1.54, 1.807) is 5.32 Å². The maximum atomic E-state index is 10.2. The van der Waals surface area contributed by atoms with E-state index < -0.39 is 12.0 Å². The molecular formula is C7H17N2O3+. The molecule has 0 aliphatic carbocycles. The third kappa shape index (κ3) is 6.09. The van der Waals surface area contributed by atoms with Gasteiger partial charge < -0.3 is 26.1 Å². The van der Waals surface area contributed by atoms with E-state index in [-0.39, 0.29) is 6.73 Å². The van der Waals surface area contributed by atoms with Gasteiger partial charge in [-0.2, -0.15) is 0 Å². The van der Waals surface area contributed by atoms with Crippen LogP contribution < -0.4 is 16.2 Å². The zero-order valence-corrected chi connectivity index (χ0v) is 7.16. The summed E-state index contributed by atoms with van der Waals surface area (Å²) in [7, 11) is 0. The molecule has 1 atom stereocenters. The van der Waals surface area contributed by atoms with Crippen LogP contribution in [0.4, 0.5) is 0 Å². The fourth-order valence-corrected chi connectivity index (χ4v) is 0.889. The minimum atomic E-state index is -1.08. The zero-order valence-electron chi connectivity index (χ0n) is 7.16. The van der Waals surface area contributed by atoms with Crippen molar-refractivity contribution < 1.29 is 26.1 Å². The van der Waals surface area contributed by atoms with Crippen molar-refractivity contribution in [2.24, 2.45) is 0 Å². The molecule has 0 bridgehead atoms. The van der Waals surface area contributed by atoms with E-state index in [9.17, 15) is 9.90 Å². The highest BCUT2D eigenvalue weighted by atomic mass is 16.4. The number of aliphatic carboxylic acids is 1. The Balaban J connectivity index is 3.14. The van der Waals surface area contributed by atoms with E-state index in [1.807, 2.05) is 0 Å². The van der Waals surface area contributed by atoms with Gasteiger partial charge in [0.1, 0.15) is 6.04 Å². The highest BCUT2D eigenvalue weighted by Crippen LogP contribution is 1.94. The lowest BCUT2D eigenvalue weighted by molar-refractivity contribution is -0.684. The first kappa shape index (κ1) is 11.4. The fraction of sp³-hybridized carbons (Fsp3) is 0.857. The number of unbranched alkanes of at least 4 members (excludes halogenated alkanes) is 1. The molecule has 0 heterocycles. The number of aliphatic hydroxyl groups excluding tert-OH is 1. The molecule has 1 unspecified atom stereocenters. The topological polar surface area (TPSA) is 105 Å². The van der Waals surface area contributed by atoms with Crippen molar-refractivity contribution in [3.05, 3.63) is 0 Å². The number of aliphatic hydroxyl groups is 1. The summed E-state index contributed by atoms with van der Waals surface area (Å²) >= 11 is 0. The second kappa shape index (κ2) is 7.02. The molecule has 0 spiro atoms. The Labute approximate surface area is 71.6 Å². The van der Waals surface area contributed by atoms with Gasteiger partial charge in [-0.05, 0) is 12.8 Å². The number of hydrogen-bond donors (Lipinski definition) is 3. The normalized spacial score (nSPS) is 12.8. The number of carboxylic acids is 1. The highest BCUT2D eigenvalue weighted by molar-refractivity contribution is 5.68. The quantitative estimate of drug-likeness (QED) is 0.273. The van der Waals surface area contributed by atoms with Gasteiger partial charge in [-0.1, -0.05) is 0 Å². The summed E-state index contributed by atoms with van der Waals surface area (Å²) < 4.78 is 0. The molecule has 6 N–H and O–H groups in total. The molecular weight excluding hydrogens is 160 g/mol. The van der Waals surface area contributed by atoms with Crippen LogP contribution in [0.1, 0.15) is 19.3 Å². The van der Waals surface area contributed by atoms with E-state index in [0.29, 0.717) is 6.42 Å². The molecule has 0 aromatic rings. The Bertz CT molecular complexity index is 130. The predicted molar refractivity (Wildman–Crippen MR) is 39.4 cm³/mol. The number of carbonyl (C=O) groups is 1. The van der Waals surface area contributed by atoms with Crippen molar-refractivity contribution in [3.8, 4) is 0 Å². The van der Waals surface area contributed by atoms with Gasteiger partial charge in [-0.15, -0.1) is 0 Å². The second-order valence-electron chi connectivity index (χ2n) is 2.77. The molecule has 72 valence electrons. The molecule has 5 nitrogen and oxygen atoms in total. The SMILES string of the molecule is [NH3+]C(CCCC[NH2+]CO)C(=O)[O-]. The van der Waals surface area contributed by atoms with Crippen LogP contribution in [0, 0.1) is 0 Å². The lowest BCUT2D eigenvalue weighted by Crippen LogP contribution is -2.84. The molecule has 0 saturated heterocycles. The first-order valence-corrected chi connectivity index (χ1v) is 4.15. The summed E-state index contributed by atoms with van der Waals surface area (Å²) in [4.78, 5) is 10.2. The Hall–Kier alpha value is -0.650. The van der Waals surface area contributed by atoms with Crippen LogP contribution in [-0.4, -0.2) is 30.4 Å². The average molecular weight is 177 g/mol. The molecule has 0 rings (SSSR count). The average Bonchev–Trinajstić information content (AvgIpc) is 2.03. The minimum absolute atomic E-state index is 0.0916. The number of hydrogen-bond acceptors (Lipinski definition) is 3. The van der Waals surface area contributed by atoms with Crippen molar-refractivity contribution in [3.63, 3.8) is 0 Å². The van der Waals surface area contributed by atoms with Crippen molar-refractivity contribution in [1.82, 2.24) is 0 Å². The maximum Gasteiger partial charge on any atom is 0.177 e. The minimum Gasteiger partial charge on any atom is -0.544 e. The van der Waals surface area contributed by atoms with Gasteiger partial charge in [0.2, 0.25) is 0 Å². The third-order valence-corrected chi connectivity index (χ3v) is 1.67. The van der Waals surface area contributed by atoms with Gasteiger partial charge in [-0.3, -0.25) is 0 Å². The van der Waals surface area contributed by atoms with Crippen LogP contribution in [0.3, 0.4) is 0 Å². The summed E-state index contributed by atoms with van der Waals surface area (Å²) in [5.41, 5.74) is 3.43. The van der Waals surface area contributed by atoms with Gasteiger partial charge in [-0.25, -0.2) is 0 Å². The fourth-order valence-electron chi connectivity index (χ4n) is 0.889. The van der Waals surface area contributed by atoms with E-state index in [0.717, 1.165) is 19.4 Å². The standard InChI is InChI=1S/C7H16N2O3/c8-6(7(11)12)3-1-2-4-9-5-10/h6,9-10H,1-5,8H2,(H,11,12)/p+1. The van der Waals surface area contributed by atoms with Gasteiger partial charge in [0.25, 0.3) is 0 Å². The Morgan fingerprint density at radius 1 is 1.58 bits per heavy atom. The molecule has 0 amide bonds. The van der Waals surface area contributed by atoms with Crippen LogP contribution in [0.25, 0.3) is 0 Å². The molecule has 5 heteroatoms. The summed E-state index contributed by atoms with van der Waals surface area (Å²) in [5, 5.41) is 20.3. The van der Waals surface area contributed by atoms with E-state index in [4.69, 9.17) is 5.11 Å². The molecule has 0 saturated carbocycles. The van der Waals surface area contributed by atoms with Gasteiger partial charge in [0, 0.05) is 6.42 Å².